The van der Waals surface area contributed by atoms with Gasteiger partial charge in [0.2, 0.25) is 0 Å². The normalized spacial score (nSPS) is 18.1. The number of aliphatic hydroxyl groups is 1. The number of pyridine rings is 1. The quantitative estimate of drug-likeness (QED) is 0.895. The lowest BCUT2D eigenvalue weighted by molar-refractivity contribution is -0.222. The van der Waals surface area contributed by atoms with Gasteiger partial charge in [0, 0.05) is 32.0 Å². The maximum atomic E-state index is 12.4. The Bertz CT molecular complexity index is 488. The number of rotatable bonds is 3. The lowest BCUT2D eigenvalue weighted by Gasteiger charge is -2.34. The molecule has 2 rings (SSSR count). The molecule has 2 N–H and O–H groups in total. The molecule has 5 nitrogen and oxygen atoms in total. The number of carbonyl (C=O) groups excluding carboxylic acids is 1. The number of hydrogen-bond acceptors (Lipinski definition) is 3. The molecule has 8 heteroatoms. The third-order valence-corrected chi connectivity index (χ3v) is 3.78. The molecule has 0 aliphatic carbocycles. The van der Waals surface area contributed by atoms with Gasteiger partial charge in [0.1, 0.15) is 0 Å². The van der Waals surface area contributed by atoms with Gasteiger partial charge in [-0.1, -0.05) is 6.07 Å². The zero-order chi connectivity index (χ0) is 16.2. The molecule has 2 amide bonds. The molecule has 1 aliphatic rings. The monoisotopic (exact) mass is 317 g/mol. The molecule has 1 aromatic heterocycles. The summed E-state index contributed by atoms with van der Waals surface area (Å²) >= 11 is 0. The minimum atomic E-state index is -4.60. The van der Waals surface area contributed by atoms with Crippen molar-refractivity contribution >= 4 is 6.03 Å². The number of urea groups is 1. The lowest BCUT2D eigenvalue weighted by atomic mass is 9.91. The fourth-order valence-corrected chi connectivity index (χ4v) is 2.48. The van der Waals surface area contributed by atoms with Crippen molar-refractivity contribution in [3.63, 3.8) is 0 Å². The summed E-state index contributed by atoms with van der Waals surface area (Å²) in [5, 5.41) is 11.9. The van der Waals surface area contributed by atoms with Gasteiger partial charge >= 0.3 is 12.2 Å². The molecular weight excluding hydrogens is 299 g/mol. The summed E-state index contributed by atoms with van der Waals surface area (Å²) in [5.74, 6) is -0.845. The van der Waals surface area contributed by atoms with Crippen LogP contribution in [0.3, 0.4) is 0 Å². The number of likely N-dealkylation sites (tertiary alicyclic amines) is 1. The van der Waals surface area contributed by atoms with Gasteiger partial charge in [0.25, 0.3) is 0 Å². The highest BCUT2D eigenvalue weighted by Crippen LogP contribution is 2.31. The Labute approximate surface area is 126 Å². The Morgan fingerprint density at radius 3 is 2.68 bits per heavy atom. The van der Waals surface area contributed by atoms with Crippen molar-refractivity contribution in [3.05, 3.63) is 30.1 Å². The summed E-state index contributed by atoms with van der Waals surface area (Å²) in [5.41, 5.74) is 0.846. The van der Waals surface area contributed by atoms with Crippen molar-refractivity contribution in [2.45, 2.75) is 31.7 Å². The number of hydrogen-bond donors (Lipinski definition) is 2. The number of piperidine rings is 1. The first-order chi connectivity index (χ1) is 10.4. The van der Waals surface area contributed by atoms with Crippen LogP contribution in [0, 0.1) is 5.92 Å². The zero-order valence-corrected chi connectivity index (χ0v) is 11.9. The fraction of sp³-hybridized carbons (Fsp3) is 0.571. The van der Waals surface area contributed by atoms with E-state index in [1.807, 2.05) is 6.07 Å². The summed E-state index contributed by atoms with van der Waals surface area (Å²) in [6.45, 7) is 0.727. The number of nitrogens with one attached hydrogen (secondary N) is 1. The molecule has 2 heterocycles. The van der Waals surface area contributed by atoms with Crippen LogP contribution in [0.4, 0.5) is 18.0 Å². The molecule has 1 fully saturated rings. The van der Waals surface area contributed by atoms with Gasteiger partial charge in [-0.05, 0) is 30.4 Å². The van der Waals surface area contributed by atoms with Gasteiger partial charge in [-0.15, -0.1) is 0 Å². The number of amides is 2. The largest absolute Gasteiger partial charge is 0.414 e. The van der Waals surface area contributed by atoms with Crippen molar-refractivity contribution in [1.29, 1.82) is 0 Å². The van der Waals surface area contributed by atoms with Crippen molar-refractivity contribution in [2.24, 2.45) is 5.92 Å². The molecule has 22 heavy (non-hydrogen) atoms. The molecule has 122 valence electrons. The van der Waals surface area contributed by atoms with E-state index in [1.54, 1.807) is 18.5 Å². The minimum absolute atomic E-state index is 0.140. The number of alkyl halides is 3. The smallest absolute Gasteiger partial charge is 0.383 e. The van der Waals surface area contributed by atoms with Gasteiger partial charge in [0.15, 0.2) is 6.10 Å². The van der Waals surface area contributed by atoms with Gasteiger partial charge in [-0.2, -0.15) is 13.2 Å². The second kappa shape index (κ2) is 6.95. The first kappa shape index (κ1) is 16.5. The molecule has 1 unspecified atom stereocenters. The fourth-order valence-electron chi connectivity index (χ4n) is 2.48. The van der Waals surface area contributed by atoms with E-state index in [4.69, 9.17) is 0 Å². The molecule has 0 bridgehead atoms. The van der Waals surface area contributed by atoms with Gasteiger partial charge < -0.3 is 15.3 Å². The highest BCUT2D eigenvalue weighted by atomic mass is 19.4. The van der Waals surface area contributed by atoms with Crippen LogP contribution in [0.1, 0.15) is 18.4 Å². The summed E-state index contributed by atoms with van der Waals surface area (Å²) in [7, 11) is 0. The van der Waals surface area contributed by atoms with Crippen LogP contribution in [0.25, 0.3) is 0 Å². The third-order valence-electron chi connectivity index (χ3n) is 3.78. The lowest BCUT2D eigenvalue weighted by Crippen LogP contribution is -2.48. The summed E-state index contributed by atoms with van der Waals surface area (Å²) < 4.78 is 37.3. The van der Waals surface area contributed by atoms with E-state index in [0.29, 0.717) is 6.54 Å². The minimum Gasteiger partial charge on any atom is -0.383 e. The number of aromatic nitrogens is 1. The van der Waals surface area contributed by atoms with Crippen molar-refractivity contribution < 1.29 is 23.1 Å². The predicted molar refractivity (Wildman–Crippen MR) is 72.8 cm³/mol. The highest BCUT2D eigenvalue weighted by Gasteiger charge is 2.44. The Morgan fingerprint density at radius 1 is 1.45 bits per heavy atom. The predicted octanol–water partition coefficient (Wildman–Crippen LogP) is 1.93. The Kier molecular flexibility index (Phi) is 5.23. The summed E-state index contributed by atoms with van der Waals surface area (Å²) in [6, 6.07) is 3.26. The molecule has 0 radical (unpaired) electrons. The van der Waals surface area contributed by atoms with Crippen LogP contribution in [0.2, 0.25) is 0 Å². The van der Waals surface area contributed by atoms with E-state index in [9.17, 15) is 23.1 Å². The van der Waals surface area contributed by atoms with Gasteiger partial charge in [0.05, 0.1) is 0 Å². The average Bonchev–Trinajstić information content (AvgIpc) is 2.52. The summed E-state index contributed by atoms with van der Waals surface area (Å²) in [4.78, 5) is 17.4. The summed E-state index contributed by atoms with van der Waals surface area (Å²) in [6.07, 6.45) is -3.38. The maximum Gasteiger partial charge on any atom is 0.414 e. The van der Waals surface area contributed by atoms with Crippen LogP contribution in [0.5, 0.6) is 0 Å². The van der Waals surface area contributed by atoms with Crippen molar-refractivity contribution in [2.75, 3.05) is 13.1 Å². The van der Waals surface area contributed by atoms with Gasteiger partial charge in [-0.25, -0.2) is 4.79 Å². The zero-order valence-electron chi connectivity index (χ0n) is 11.9. The number of halogens is 3. The average molecular weight is 317 g/mol. The van der Waals surface area contributed by atoms with E-state index >= 15 is 0 Å². The maximum absolute atomic E-state index is 12.4. The molecule has 0 spiro atoms. The van der Waals surface area contributed by atoms with E-state index in [0.717, 1.165) is 5.56 Å². The van der Waals surface area contributed by atoms with Crippen LogP contribution in [-0.4, -0.2) is 46.4 Å². The van der Waals surface area contributed by atoms with E-state index < -0.39 is 18.2 Å². The van der Waals surface area contributed by atoms with Crippen molar-refractivity contribution in [3.8, 4) is 0 Å². The SMILES string of the molecule is O=C(NCc1cccnc1)N1CCC(C(O)C(F)(F)F)CC1. The molecular formula is C14H18F3N3O2. The first-order valence-electron chi connectivity index (χ1n) is 7.04. The second-order valence-electron chi connectivity index (χ2n) is 5.33. The Morgan fingerprint density at radius 2 is 2.14 bits per heavy atom. The molecule has 1 atom stereocenters. The van der Waals surface area contributed by atoms with Crippen LogP contribution >= 0.6 is 0 Å². The van der Waals surface area contributed by atoms with Crippen LogP contribution < -0.4 is 5.32 Å². The van der Waals surface area contributed by atoms with E-state index in [1.165, 1.54) is 4.90 Å². The second-order valence-corrected chi connectivity index (χ2v) is 5.33. The Balaban J connectivity index is 1.78. The standard InChI is InChI=1S/C14H18F3N3O2/c15-14(16,17)12(21)11-3-6-20(7-4-11)13(22)19-9-10-2-1-5-18-8-10/h1-2,5,8,11-12,21H,3-4,6-7,9H2,(H,19,22). The van der Waals surface area contributed by atoms with Crippen LogP contribution in [-0.2, 0) is 6.54 Å². The topological polar surface area (TPSA) is 65.5 Å². The van der Waals surface area contributed by atoms with E-state index in [-0.39, 0.29) is 32.0 Å². The number of aliphatic hydroxyl groups excluding tert-OH is 1. The third kappa shape index (κ3) is 4.33. The van der Waals surface area contributed by atoms with Crippen molar-refractivity contribution in [1.82, 2.24) is 15.2 Å². The van der Waals surface area contributed by atoms with Crippen LogP contribution in [0.15, 0.2) is 24.5 Å². The number of nitrogens with zero attached hydrogens (tertiary/aromatic N) is 2. The Hall–Kier alpha value is -1.83. The van der Waals surface area contributed by atoms with Gasteiger partial charge in [-0.3, -0.25) is 4.98 Å². The molecule has 0 saturated carbocycles. The number of carbonyl (C=O) groups is 1. The highest BCUT2D eigenvalue weighted by molar-refractivity contribution is 5.74. The molecule has 0 aromatic carbocycles. The first-order valence-corrected chi connectivity index (χ1v) is 7.04. The molecule has 1 saturated heterocycles. The molecule has 1 aliphatic heterocycles. The molecule has 1 aromatic rings. The van der Waals surface area contributed by atoms with E-state index in [2.05, 4.69) is 10.3 Å².